The Morgan fingerprint density at radius 3 is 2.74 bits per heavy atom. The molecule has 0 bridgehead atoms. The molecule has 1 aromatic carbocycles. The van der Waals surface area contributed by atoms with Crippen LogP contribution in [0.2, 0.25) is 0 Å². The highest BCUT2D eigenvalue weighted by atomic mass is 16.6. The van der Waals surface area contributed by atoms with Crippen LogP contribution in [0.25, 0.3) is 0 Å². The number of rotatable bonds is 5. The molecule has 126 valence electrons. The molecule has 1 aliphatic rings. The first kappa shape index (κ1) is 17.2. The third-order valence-electron chi connectivity index (χ3n) is 4.24. The SMILES string of the molecule is CCNC(=NCc1cccc([N+](=O)[O-])c1)NC1CCC(C)CC1. The molecule has 0 spiro atoms. The van der Waals surface area contributed by atoms with E-state index in [4.69, 9.17) is 0 Å². The van der Waals surface area contributed by atoms with Crippen molar-refractivity contribution in [2.45, 2.75) is 52.1 Å². The van der Waals surface area contributed by atoms with Crippen molar-refractivity contribution >= 4 is 11.6 Å². The topological polar surface area (TPSA) is 79.6 Å². The quantitative estimate of drug-likeness (QED) is 0.378. The summed E-state index contributed by atoms with van der Waals surface area (Å²) in [6.07, 6.45) is 4.84. The van der Waals surface area contributed by atoms with Crippen molar-refractivity contribution in [3.8, 4) is 0 Å². The van der Waals surface area contributed by atoms with Gasteiger partial charge < -0.3 is 10.6 Å². The van der Waals surface area contributed by atoms with E-state index in [1.54, 1.807) is 12.1 Å². The molecular weight excluding hydrogens is 292 g/mol. The summed E-state index contributed by atoms with van der Waals surface area (Å²) in [5.41, 5.74) is 0.950. The van der Waals surface area contributed by atoms with Crippen molar-refractivity contribution in [2.24, 2.45) is 10.9 Å². The smallest absolute Gasteiger partial charge is 0.269 e. The largest absolute Gasteiger partial charge is 0.357 e. The van der Waals surface area contributed by atoms with Gasteiger partial charge in [0, 0.05) is 24.7 Å². The first-order chi connectivity index (χ1) is 11.1. The minimum atomic E-state index is -0.375. The number of non-ortho nitro benzene ring substituents is 1. The normalized spacial score (nSPS) is 21.7. The van der Waals surface area contributed by atoms with Gasteiger partial charge in [-0.05, 0) is 44.1 Å². The van der Waals surface area contributed by atoms with Gasteiger partial charge in [0.15, 0.2) is 5.96 Å². The average Bonchev–Trinajstić information content (AvgIpc) is 2.55. The fourth-order valence-corrected chi connectivity index (χ4v) is 2.86. The molecule has 0 radical (unpaired) electrons. The second-order valence-electron chi connectivity index (χ2n) is 6.22. The Hall–Kier alpha value is -2.11. The van der Waals surface area contributed by atoms with E-state index < -0.39 is 0 Å². The summed E-state index contributed by atoms with van der Waals surface area (Å²) in [5.74, 6) is 1.61. The van der Waals surface area contributed by atoms with Crippen LogP contribution in [0.3, 0.4) is 0 Å². The van der Waals surface area contributed by atoms with Gasteiger partial charge in [0.25, 0.3) is 5.69 Å². The molecule has 0 aliphatic heterocycles. The number of nitro benzene ring substituents is 1. The van der Waals surface area contributed by atoms with Crippen LogP contribution < -0.4 is 10.6 Å². The summed E-state index contributed by atoms with van der Waals surface area (Å²) in [6.45, 7) is 5.56. The van der Waals surface area contributed by atoms with Crippen molar-refractivity contribution in [3.05, 3.63) is 39.9 Å². The summed E-state index contributed by atoms with van der Waals surface area (Å²) in [7, 11) is 0. The van der Waals surface area contributed by atoms with E-state index in [0.29, 0.717) is 12.6 Å². The number of benzene rings is 1. The zero-order chi connectivity index (χ0) is 16.7. The maximum absolute atomic E-state index is 10.8. The second-order valence-corrected chi connectivity index (χ2v) is 6.22. The van der Waals surface area contributed by atoms with Crippen molar-refractivity contribution in [3.63, 3.8) is 0 Å². The first-order valence-corrected chi connectivity index (χ1v) is 8.36. The Balaban J connectivity index is 1.98. The monoisotopic (exact) mass is 318 g/mol. The van der Waals surface area contributed by atoms with E-state index >= 15 is 0 Å². The van der Waals surface area contributed by atoms with Gasteiger partial charge in [-0.1, -0.05) is 19.1 Å². The molecule has 1 saturated carbocycles. The van der Waals surface area contributed by atoms with Crippen molar-refractivity contribution < 1.29 is 4.92 Å². The van der Waals surface area contributed by atoms with Crippen LogP contribution in [-0.4, -0.2) is 23.5 Å². The van der Waals surface area contributed by atoms with Crippen LogP contribution in [0, 0.1) is 16.0 Å². The number of nitrogens with one attached hydrogen (secondary N) is 2. The van der Waals surface area contributed by atoms with Gasteiger partial charge in [-0.2, -0.15) is 0 Å². The highest BCUT2D eigenvalue weighted by molar-refractivity contribution is 5.80. The Morgan fingerprint density at radius 2 is 2.09 bits per heavy atom. The van der Waals surface area contributed by atoms with E-state index in [2.05, 4.69) is 22.5 Å². The predicted molar refractivity (Wildman–Crippen MR) is 92.5 cm³/mol. The summed E-state index contributed by atoms with van der Waals surface area (Å²) < 4.78 is 0. The predicted octanol–water partition coefficient (Wildman–Crippen LogP) is 3.23. The van der Waals surface area contributed by atoms with E-state index in [1.807, 2.05) is 13.0 Å². The van der Waals surface area contributed by atoms with Gasteiger partial charge in [-0.3, -0.25) is 10.1 Å². The van der Waals surface area contributed by atoms with Crippen molar-refractivity contribution in [2.75, 3.05) is 6.54 Å². The van der Waals surface area contributed by atoms with Crippen LogP contribution in [-0.2, 0) is 6.54 Å². The molecule has 1 fully saturated rings. The zero-order valence-electron chi connectivity index (χ0n) is 13.9. The second kappa shape index (κ2) is 8.50. The Labute approximate surface area is 137 Å². The minimum Gasteiger partial charge on any atom is -0.357 e. The van der Waals surface area contributed by atoms with E-state index in [1.165, 1.54) is 31.7 Å². The number of hydrogen-bond donors (Lipinski definition) is 2. The fraction of sp³-hybridized carbons (Fsp3) is 0.588. The lowest BCUT2D eigenvalue weighted by molar-refractivity contribution is -0.384. The average molecular weight is 318 g/mol. The molecule has 0 unspecified atom stereocenters. The number of nitro groups is 1. The van der Waals surface area contributed by atoms with Crippen molar-refractivity contribution in [1.82, 2.24) is 10.6 Å². The third kappa shape index (κ3) is 5.54. The Bertz CT molecular complexity index is 551. The molecule has 0 atom stereocenters. The van der Waals surface area contributed by atoms with Gasteiger partial charge in [-0.15, -0.1) is 0 Å². The van der Waals surface area contributed by atoms with Crippen LogP contribution in [0.15, 0.2) is 29.3 Å². The maximum atomic E-state index is 10.8. The lowest BCUT2D eigenvalue weighted by Crippen LogP contribution is -2.44. The standard InChI is InChI=1S/C17H26N4O2/c1-3-18-17(20-15-9-7-13(2)8-10-15)19-12-14-5-4-6-16(11-14)21(22)23/h4-6,11,13,15H,3,7-10,12H2,1-2H3,(H2,18,19,20). The number of nitrogens with zero attached hydrogens (tertiary/aromatic N) is 2. The minimum absolute atomic E-state index is 0.108. The lowest BCUT2D eigenvalue weighted by Gasteiger charge is -2.28. The molecule has 0 aromatic heterocycles. The van der Waals surface area contributed by atoms with Gasteiger partial charge in [0.2, 0.25) is 0 Å². The van der Waals surface area contributed by atoms with E-state index in [-0.39, 0.29) is 10.6 Å². The summed E-state index contributed by atoms with van der Waals surface area (Å²) in [6, 6.07) is 7.11. The summed E-state index contributed by atoms with van der Waals surface area (Å²) in [5, 5.41) is 17.6. The van der Waals surface area contributed by atoms with Crippen LogP contribution in [0.4, 0.5) is 5.69 Å². The zero-order valence-corrected chi connectivity index (χ0v) is 13.9. The highest BCUT2D eigenvalue weighted by Crippen LogP contribution is 2.23. The van der Waals surface area contributed by atoms with Crippen LogP contribution in [0.5, 0.6) is 0 Å². The van der Waals surface area contributed by atoms with Gasteiger partial charge in [0.1, 0.15) is 0 Å². The molecule has 0 amide bonds. The Morgan fingerprint density at radius 1 is 1.35 bits per heavy atom. The fourth-order valence-electron chi connectivity index (χ4n) is 2.86. The molecule has 6 heteroatoms. The maximum Gasteiger partial charge on any atom is 0.269 e. The summed E-state index contributed by atoms with van der Waals surface area (Å²) in [4.78, 5) is 15.0. The molecular formula is C17H26N4O2. The third-order valence-corrected chi connectivity index (χ3v) is 4.24. The van der Waals surface area contributed by atoms with Crippen molar-refractivity contribution in [1.29, 1.82) is 0 Å². The lowest BCUT2D eigenvalue weighted by atomic mass is 9.87. The van der Waals surface area contributed by atoms with E-state index in [0.717, 1.165) is 24.0 Å². The molecule has 1 aliphatic carbocycles. The molecule has 6 nitrogen and oxygen atoms in total. The number of hydrogen-bond acceptors (Lipinski definition) is 3. The number of aliphatic imine (C=N–C) groups is 1. The van der Waals surface area contributed by atoms with E-state index in [9.17, 15) is 10.1 Å². The van der Waals surface area contributed by atoms with Gasteiger partial charge >= 0.3 is 0 Å². The molecule has 2 N–H and O–H groups in total. The molecule has 23 heavy (non-hydrogen) atoms. The highest BCUT2D eigenvalue weighted by Gasteiger charge is 2.18. The van der Waals surface area contributed by atoms with Crippen LogP contribution >= 0.6 is 0 Å². The Kier molecular flexibility index (Phi) is 6.38. The molecule has 1 aromatic rings. The van der Waals surface area contributed by atoms with Crippen LogP contribution in [0.1, 0.15) is 45.1 Å². The summed E-state index contributed by atoms with van der Waals surface area (Å²) >= 11 is 0. The molecule has 0 saturated heterocycles. The van der Waals surface area contributed by atoms with Gasteiger partial charge in [-0.25, -0.2) is 4.99 Å². The number of guanidine groups is 1. The molecule has 0 heterocycles. The first-order valence-electron chi connectivity index (χ1n) is 8.36. The molecule has 2 rings (SSSR count). The van der Waals surface area contributed by atoms with Gasteiger partial charge in [0.05, 0.1) is 11.5 Å².